The highest BCUT2D eigenvalue weighted by Crippen LogP contribution is 2.41. The van der Waals surface area contributed by atoms with Crippen molar-refractivity contribution in [3.63, 3.8) is 0 Å². The molecule has 2 rings (SSSR count). The molecule has 0 aliphatic carbocycles. The lowest BCUT2D eigenvalue weighted by Gasteiger charge is -2.28. The molecule has 4 nitrogen and oxygen atoms in total. The molecule has 0 unspecified atom stereocenters. The van der Waals surface area contributed by atoms with E-state index in [2.05, 4.69) is 47.5 Å². The van der Waals surface area contributed by atoms with Crippen LogP contribution in [0.5, 0.6) is 5.75 Å². The average Bonchev–Trinajstić information content (AvgIpc) is 2.92. The topological polar surface area (TPSA) is 43.8 Å². The standard InChI is InChI=1S/C24H34N2O2S/c1-9-10-25(8)11-12-26-16-29-20(22(26)28)15-17-13-18(23(2,3)4)21(27)19(14-17)24(5,6)7/h1,13-15,27H,10-12,16H2,2-8H3. The summed E-state index contributed by atoms with van der Waals surface area (Å²) >= 11 is 1.57. The van der Waals surface area contributed by atoms with E-state index in [1.807, 2.05) is 35.1 Å². The van der Waals surface area contributed by atoms with Gasteiger partial charge < -0.3 is 10.0 Å². The number of rotatable bonds is 5. The first-order valence-electron chi connectivity index (χ1n) is 9.98. The van der Waals surface area contributed by atoms with Gasteiger partial charge in [0.25, 0.3) is 5.91 Å². The molecule has 1 amide bonds. The number of carbonyl (C=O) groups is 1. The van der Waals surface area contributed by atoms with E-state index >= 15 is 0 Å². The van der Waals surface area contributed by atoms with Gasteiger partial charge in [0.2, 0.25) is 0 Å². The number of likely N-dealkylation sites (N-methyl/N-ethyl adjacent to an activating group) is 1. The zero-order valence-corrected chi connectivity index (χ0v) is 19.6. The Bertz CT molecular complexity index is 803. The second-order valence-electron chi connectivity index (χ2n) is 9.76. The Balaban J connectivity index is 2.32. The molecule has 1 aliphatic rings. The Labute approximate surface area is 180 Å². The molecule has 1 aromatic rings. The van der Waals surface area contributed by atoms with Gasteiger partial charge in [-0.25, -0.2) is 0 Å². The van der Waals surface area contributed by atoms with Gasteiger partial charge in [-0.05, 0) is 41.6 Å². The molecule has 0 spiro atoms. The van der Waals surface area contributed by atoms with Crippen molar-refractivity contribution in [2.24, 2.45) is 0 Å². The van der Waals surface area contributed by atoms with Gasteiger partial charge in [-0.1, -0.05) is 59.2 Å². The van der Waals surface area contributed by atoms with Crippen LogP contribution in [0.1, 0.15) is 58.2 Å². The number of carbonyl (C=O) groups excluding carboxylic acids is 1. The van der Waals surface area contributed by atoms with Crippen LogP contribution < -0.4 is 0 Å². The van der Waals surface area contributed by atoms with Crippen LogP contribution in [0, 0.1) is 12.3 Å². The number of thioether (sulfide) groups is 1. The highest BCUT2D eigenvalue weighted by atomic mass is 32.2. The molecule has 158 valence electrons. The van der Waals surface area contributed by atoms with Crippen molar-refractivity contribution in [3.8, 4) is 18.1 Å². The quantitative estimate of drug-likeness (QED) is 0.572. The third kappa shape index (κ3) is 5.81. The molecule has 1 aromatic carbocycles. The first-order chi connectivity index (χ1) is 13.3. The van der Waals surface area contributed by atoms with Crippen LogP contribution in [-0.4, -0.2) is 53.4 Å². The lowest BCUT2D eigenvalue weighted by molar-refractivity contribution is -0.124. The van der Waals surface area contributed by atoms with Gasteiger partial charge in [0.15, 0.2) is 0 Å². The molecule has 5 heteroatoms. The molecule has 1 aliphatic heterocycles. The Morgan fingerprint density at radius 2 is 1.76 bits per heavy atom. The van der Waals surface area contributed by atoms with Crippen molar-refractivity contribution >= 4 is 23.7 Å². The molecule has 0 aromatic heterocycles. The third-order valence-corrected chi connectivity index (χ3v) is 6.08. The average molecular weight is 415 g/mol. The maximum atomic E-state index is 12.8. The van der Waals surface area contributed by atoms with Crippen molar-refractivity contribution in [3.05, 3.63) is 33.7 Å². The van der Waals surface area contributed by atoms with Crippen LogP contribution in [-0.2, 0) is 15.6 Å². The number of aromatic hydroxyl groups is 1. The summed E-state index contributed by atoms with van der Waals surface area (Å²) in [7, 11) is 1.96. The van der Waals surface area contributed by atoms with Gasteiger partial charge in [-0.2, -0.15) is 0 Å². The van der Waals surface area contributed by atoms with E-state index in [4.69, 9.17) is 6.42 Å². The number of hydrogen-bond acceptors (Lipinski definition) is 4. The van der Waals surface area contributed by atoms with Crippen molar-refractivity contribution in [1.82, 2.24) is 9.80 Å². The van der Waals surface area contributed by atoms with E-state index in [0.29, 0.717) is 24.7 Å². The summed E-state index contributed by atoms with van der Waals surface area (Å²) in [5.41, 5.74) is 2.37. The van der Waals surface area contributed by atoms with Gasteiger partial charge in [0, 0.05) is 24.2 Å². The molecule has 0 saturated carbocycles. The van der Waals surface area contributed by atoms with Crippen LogP contribution in [0.2, 0.25) is 0 Å². The van der Waals surface area contributed by atoms with E-state index in [1.54, 1.807) is 11.8 Å². The summed E-state index contributed by atoms with van der Waals surface area (Å²) in [6.45, 7) is 14.6. The van der Waals surface area contributed by atoms with Crippen LogP contribution in [0.25, 0.3) is 6.08 Å². The smallest absolute Gasteiger partial charge is 0.261 e. The van der Waals surface area contributed by atoms with E-state index in [0.717, 1.165) is 28.1 Å². The maximum absolute atomic E-state index is 12.8. The normalized spacial score (nSPS) is 16.7. The van der Waals surface area contributed by atoms with Crippen LogP contribution in [0.3, 0.4) is 0 Å². The Kier molecular flexibility index (Phi) is 7.14. The van der Waals surface area contributed by atoms with Crippen molar-refractivity contribution in [2.45, 2.75) is 52.4 Å². The second-order valence-corrected chi connectivity index (χ2v) is 10.7. The molecule has 1 saturated heterocycles. The number of benzene rings is 1. The first kappa shape index (κ1) is 23.4. The predicted molar refractivity (Wildman–Crippen MR) is 124 cm³/mol. The minimum absolute atomic E-state index is 0.0619. The minimum Gasteiger partial charge on any atom is -0.507 e. The van der Waals surface area contributed by atoms with Crippen LogP contribution in [0.4, 0.5) is 0 Å². The summed E-state index contributed by atoms with van der Waals surface area (Å²) in [5.74, 6) is 3.70. The first-order valence-corrected chi connectivity index (χ1v) is 11.0. The number of phenols is 1. The molecular formula is C24H34N2O2S. The Hall–Kier alpha value is -1.90. The molecular weight excluding hydrogens is 380 g/mol. The number of terminal acetylenes is 1. The summed E-state index contributed by atoms with van der Waals surface area (Å²) in [6, 6.07) is 4.02. The summed E-state index contributed by atoms with van der Waals surface area (Å²) < 4.78 is 0. The van der Waals surface area contributed by atoms with Crippen molar-refractivity contribution in [2.75, 3.05) is 32.6 Å². The molecule has 0 bridgehead atoms. The predicted octanol–water partition coefficient (Wildman–Crippen LogP) is 4.43. The zero-order chi connectivity index (χ0) is 22.0. The number of hydrogen-bond donors (Lipinski definition) is 1. The molecule has 29 heavy (non-hydrogen) atoms. The third-order valence-electron chi connectivity index (χ3n) is 5.03. The molecule has 0 atom stereocenters. The molecule has 1 N–H and O–H groups in total. The molecule has 0 radical (unpaired) electrons. The molecule has 1 heterocycles. The summed E-state index contributed by atoms with van der Waals surface area (Å²) in [5, 5.41) is 10.9. The van der Waals surface area contributed by atoms with Gasteiger partial charge >= 0.3 is 0 Å². The Morgan fingerprint density at radius 3 is 2.24 bits per heavy atom. The fourth-order valence-corrected chi connectivity index (χ4v) is 4.27. The number of nitrogens with zero attached hydrogens (tertiary/aromatic N) is 2. The van der Waals surface area contributed by atoms with Gasteiger partial charge in [0.05, 0.1) is 17.3 Å². The largest absolute Gasteiger partial charge is 0.507 e. The van der Waals surface area contributed by atoms with Gasteiger partial charge in [-0.15, -0.1) is 6.42 Å². The van der Waals surface area contributed by atoms with E-state index in [1.165, 1.54) is 0 Å². The van der Waals surface area contributed by atoms with Gasteiger partial charge in [0.1, 0.15) is 5.75 Å². The van der Waals surface area contributed by atoms with E-state index in [-0.39, 0.29) is 16.7 Å². The minimum atomic E-state index is -0.195. The summed E-state index contributed by atoms with van der Waals surface area (Å²) in [6.07, 6.45) is 7.30. The molecule has 1 fully saturated rings. The Morgan fingerprint density at radius 1 is 1.21 bits per heavy atom. The number of amides is 1. The van der Waals surface area contributed by atoms with Crippen LogP contribution in [0.15, 0.2) is 17.0 Å². The fraction of sp³-hybridized carbons (Fsp3) is 0.542. The zero-order valence-electron chi connectivity index (χ0n) is 18.8. The maximum Gasteiger partial charge on any atom is 0.261 e. The lowest BCUT2D eigenvalue weighted by atomic mass is 9.78. The summed E-state index contributed by atoms with van der Waals surface area (Å²) in [4.78, 5) is 17.5. The highest BCUT2D eigenvalue weighted by molar-refractivity contribution is 8.04. The van der Waals surface area contributed by atoms with E-state index in [9.17, 15) is 9.90 Å². The second kappa shape index (κ2) is 8.85. The van der Waals surface area contributed by atoms with E-state index < -0.39 is 0 Å². The van der Waals surface area contributed by atoms with Crippen molar-refractivity contribution < 1.29 is 9.90 Å². The number of phenolic OH excluding ortho intramolecular Hbond substituents is 1. The van der Waals surface area contributed by atoms with Gasteiger partial charge in [-0.3, -0.25) is 9.69 Å². The highest BCUT2D eigenvalue weighted by Gasteiger charge is 2.29. The fourth-order valence-electron chi connectivity index (χ4n) is 3.25. The lowest BCUT2D eigenvalue weighted by Crippen LogP contribution is -2.34. The van der Waals surface area contributed by atoms with Crippen molar-refractivity contribution in [1.29, 1.82) is 0 Å². The SMILES string of the molecule is C#CCN(C)CCN1CSC(=Cc2cc(C(C)(C)C)c(O)c(C(C)(C)C)c2)C1=O. The monoisotopic (exact) mass is 414 g/mol. The van der Waals surface area contributed by atoms with Crippen LogP contribution >= 0.6 is 11.8 Å².